The van der Waals surface area contributed by atoms with Gasteiger partial charge in [-0.15, -0.1) is 0 Å². The molecule has 1 heterocycles. The fourth-order valence-electron chi connectivity index (χ4n) is 1.84. The van der Waals surface area contributed by atoms with Crippen LogP contribution in [0.3, 0.4) is 0 Å². The van der Waals surface area contributed by atoms with E-state index in [2.05, 4.69) is 4.98 Å². The maximum absolute atomic E-state index is 11.3. The third kappa shape index (κ3) is 2.64. The zero-order valence-electron chi connectivity index (χ0n) is 11.2. The molecule has 0 aliphatic rings. The monoisotopic (exact) mass is 273 g/mol. The molecule has 6 heteroatoms. The molecule has 0 atom stereocenters. The standard InChI is InChI=1S/C14H15N3O3/c1-17(10-4-3-5-11(7-10)20-2)13-12(14(18)19)6-9(15)8-16-13/h3-8H,15H2,1-2H3,(H,18,19). The van der Waals surface area contributed by atoms with E-state index in [1.54, 1.807) is 25.1 Å². The van der Waals surface area contributed by atoms with Crippen LogP contribution in [0.2, 0.25) is 0 Å². The molecular weight excluding hydrogens is 258 g/mol. The predicted molar refractivity (Wildman–Crippen MR) is 76.7 cm³/mol. The number of anilines is 3. The van der Waals surface area contributed by atoms with Crippen LogP contribution in [0.25, 0.3) is 0 Å². The second-order valence-corrected chi connectivity index (χ2v) is 4.21. The molecule has 3 N–H and O–H groups in total. The molecule has 0 aliphatic heterocycles. The smallest absolute Gasteiger partial charge is 0.339 e. The van der Waals surface area contributed by atoms with E-state index in [1.807, 2.05) is 18.2 Å². The van der Waals surface area contributed by atoms with Gasteiger partial charge in [-0.2, -0.15) is 0 Å². The Hall–Kier alpha value is -2.76. The summed E-state index contributed by atoms with van der Waals surface area (Å²) in [4.78, 5) is 17.1. The summed E-state index contributed by atoms with van der Waals surface area (Å²) in [5, 5.41) is 9.24. The van der Waals surface area contributed by atoms with Gasteiger partial charge in [-0.3, -0.25) is 0 Å². The lowest BCUT2D eigenvalue weighted by Crippen LogP contribution is -2.16. The Balaban J connectivity index is 2.47. The number of ether oxygens (including phenoxy) is 1. The highest BCUT2D eigenvalue weighted by atomic mass is 16.5. The van der Waals surface area contributed by atoms with Gasteiger partial charge >= 0.3 is 5.97 Å². The van der Waals surface area contributed by atoms with E-state index in [9.17, 15) is 9.90 Å². The largest absolute Gasteiger partial charge is 0.497 e. The number of carboxylic acids is 1. The zero-order valence-corrected chi connectivity index (χ0v) is 11.2. The highest BCUT2D eigenvalue weighted by Gasteiger charge is 2.17. The van der Waals surface area contributed by atoms with Crippen LogP contribution in [0, 0.1) is 0 Å². The Morgan fingerprint density at radius 3 is 2.80 bits per heavy atom. The number of aromatic nitrogens is 1. The minimum atomic E-state index is -1.07. The lowest BCUT2D eigenvalue weighted by atomic mass is 10.2. The molecule has 6 nitrogen and oxygen atoms in total. The maximum atomic E-state index is 11.3. The summed E-state index contributed by atoms with van der Waals surface area (Å²) in [7, 11) is 3.31. The van der Waals surface area contributed by atoms with Crippen LogP contribution in [0.5, 0.6) is 5.75 Å². The third-order valence-electron chi connectivity index (χ3n) is 2.88. The quantitative estimate of drug-likeness (QED) is 0.887. The number of nitrogen functional groups attached to an aromatic ring is 1. The highest BCUT2D eigenvalue weighted by Crippen LogP contribution is 2.28. The number of carboxylic acid groups (broad SMARTS) is 1. The van der Waals surface area contributed by atoms with E-state index in [4.69, 9.17) is 10.5 Å². The lowest BCUT2D eigenvalue weighted by molar-refractivity contribution is 0.0697. The van der Waals surface area contributed by atoms with Gasteiger partial charge in [-0.25, -0.2) is 9.78 Å². The molecule has 0 unspecified atom stereocenters. The van der Waals surface area contributed by atoms with Gasteiger partial charge in [-0.05, 0) is 18.2 Å². The minimum absolute atomic E-state index is 0.0512. The van der Waals surface area contributed by atoms with Gasteiger partial charge in [0.2, 0.25) is 0 Å². The van der Waals surface area contributed by atoms with Crippen molar-refractivity contribution in [1.82, 2.24) is 4.98 Å². The summed E-state index contributed by atoms with van der Waals surface area (Å²) >= 11 is 0. The molecule has 20 heavy (non-hydrogen) atoms. The van der Waals surface area contributed by atoms with Crippen LogP contribution in [-0.2, 0) is 0 Å². The number of hydrogen-bond acceptors (Lipinski definition) is 5. The summed E-state index contributed by atoms with van der Waals surface area (Å²) in [5.41, 5.74) is 6.71. The van der Waals surface area contributed by atoms with Gasteiger partial charge in [0.15, 0.2) is 0 Å². The van der Waals surface area contributed by atoms with E-state index in [1.165, 1.54) is 12.3 Å². The number of rotatable bonds is 4. The molecule has 0 amide bonds. The molecule has 0 fully saturated rings. The summed E-state index contributed by atoms with van der Waals surface area (Å²) in [6.07, 6.45) is 1.43. The molecule has 0 aliphatic carbocycles. The summed E-state index contributed by atoms with van der Waals surface area (Å²) < 4.78 is 5.15. The molecule has 1 aromatic carbocycles. The minimum Gasteiger partial charge on any atom is -0.497 e. The molecule has 1 aromatic heterocycles. The van der Waals surface area contributed by atoms with E-state index < -0.39 is 5.97 Å². The first-order chi connectivity index (χ1) is 9.52. The van der Waals surface area contributed by atoms with Crippen LogP contribution in [0.1, 0.15) is 10.4 Å². The van der Waals surface area contributed by atoms with Crippen molar-refractivity contribution in [3.63, 3.8) is 0 Å². The number of nitrogens with two attached hydrogens (primary N) is 1. The van der Waals surface area contributed by atoms with Crippen LogP contribution < -0.4 is 15.4 Å². The molecule has 0 saturated carbocycles. The molecule has 0 spiro atoms. The van der Waals surface area contributed by atoms with Crippen LogP contribution in [0.4, 0.5) is 17.2 Å². The van der Waals surface area contributed by atoms with Crippen LogP contribution in [0.15, 0.2) is 36.5 Å². The number of nitrogens with zero attached hydrogens (tertiary/aromatic N) is 2. The first kappa shape index (κ1) is 13.7. The Morgan fingerprint density at radius 1 is 1.40 bits per heavy atom. The maximum Gasteiger partial charge on any atom is 0.339 e. The lowest BCUT2D eigenvalue weighted by Gasteiger charge is -2.20. The van der Waals surface area contributed by atoms with Crippen molar-refractivity contribution in [1.29, 1.82) is 0 Å². The van der Waals surface area contributed by atoms with Gasteiger partial charge in [0.05, 0.1) is 19.0 Å². The van der Waals surface area contributed by atoms with Crippen molar-refractivity contribution < 1.29 is 14.6 Å². The van der Waals surface area contributed by atoms with Gasteiger partial charge in [0.1, 0.15) is 17.1 Å². The number of hydrogen-bond donors (Lipinski definition) is 2. The first-order valence-electron chi connectivity index (χ1n) is 5.89. The molecule has 0 bridgehead atoms. The van der Waals surface area contributed by atoms with E-state index in [-0.39, 0.29) is 5.56 Å². The third-order valence-corrected chi connectivity index (χ3v) is 2.88. The van der Waals surface area contributed by atoms with Crippen molar-refractivity contribution in [3.05, 3.63) is 42.1 Å². The second-order valence-electron chi connectivity index (χ2n) is 4.21. The normalized spacial score (nSPS) is 10.1. The fraction of sp³-hybridized carbons (Fsp3) is 0.143. The molecular formula is C14H15N3O3. The van der Waals surface area contributed by atoms with Crippen LogP contribution >= 0.6 is 0 Å². The summed E-state index contributed by atoms with van der Waals surface area (Å²) in [6, 6.07) is 8.66. The number of benzene rings is 1. The fourth-order valence-corrected chi connectivity index (χ4v) is 1.84. The summed E-state index contributed by atoms with van der Waals surface area (Å²) in [6.45, 7) is 0. The number of pyridine rings is 1. The Morgan fingerprint density at radius 2 is 2.15 bits per heavy atom. The molecule has 0 radical (unpaired) electrons. The number of aromatic carboxylic acids is 1. The van der Waals surface area contributed by atoms with Crippen LogP contribution in [-0.4, -0.2) is 30.2 Å². The van der Waals surface area contributed by atoms with Crippen molar-refractivity contribution in [2.24, 2.45) is 0 Å². The second kappa shape index (κ2) is 5.48. The molecule has 2 rings (SSSR count). The zero-order chi connectivity index (χ0) is 14.7. The van der Waals surface area contributed by atoms with E-state index in [0.717, 1.165) is 5.69 Å². The van der Waals surface area contributed by atoms with Gasteiger partial charge in [-0.1, -0.05) is 6.07 Å². The SMILES string of the molecule is COc1cccc(N(C)c2ncc(N)cc2C(=O)O)c1. The van der Waals surface area contributed by atoms with E-state index >= 15 is 0 Å². The van der Waals surface area contributed by atoms with Crippen molar-refractivity contribution in [2.45, 2.75) is 0 Å². The molecule has 104 valence electrons. The Kier molecular flexibility index (Phi) is 3.74. The average Bonchev–Trinajstić information content (AvgIpc) is 2.46. The van der Waals surface area contributed by atoms with Crippen molar-refractivity contribution in [2.75, 3.05) is 24.8 Å². The Labute approximate surface area is 116 Å². The topological polar surface area (TPSA) is 88.7 Å². The van der Waals surface area contributed by atoms with Gasteiger partial charge in [0, 0.05) is 18.8 Å². The first-order valence-corrected chi connectivity index (χ1v) is 5.89. The Bertz CT molecular complexity index is 643. The van der Waals surface area contributed by atoms with Crippen molar-refractivity contribution in [3.8, 4) is 5.75 Å². The molecule has 0 saturated heterocycles. The van der Waals surface area contributed by atoms with Crippen molar-refractivity contribution >= 4 is 23.2 Å². The number of methoxy groups -OCH3 is 1. The molecule has 2 aromatic rings. The average molecular weight is 273 g/mol. The van der Waals surface area contributed by atoms with Gasteiger partial charge < -0.3 is 20.5 Å². The highest BCUT2D eigenvalue weighted by molar-refractivity contribution is 5.95. The van der Waals surface area contributed by atoms with E-state index in [0.29, 0.717) is 17.3 Å². The van der Waals surface area contributed by atoms with Gasteiger partial charge in [0.25, 0.3) is 0 Å². The number of carbonyl (C=O) groups is 1. The predicted octanol–water partition coefficient (Wildman–Crippen LogP) is 2.14. The summed E-state index contributed by atoms with van der Waals surface area (Å²) in [5.74, 6) is -0.0730.